The second-order valence-electron chi connectivity index (χ2n) is 5.60. The van der Waals surface area contributed by atoms with Gasteiger partial charge in [0.2, 0.25) is 5.91 Å². The molecule has 0 aliphatic carbocycles. The van der Waals surface area contributed by atoms with E-state index in [1.807, 2.05) is 36.0 Å². The Kier molecular flexibility index (Phi) is 4.48. The van der Waals surface area contributed by atoms with Crippen LogP contribution in [0.1, 0.15) is 30.6 Å². The summed E-state index contributed by atoms with van der Waals surface area (Å²) in [5.74, 6) is 0.0645. The number of hydrogen-bond donors (Lipinski definition) is 2. The number of rotatable bonds is 5. The first-order chi connectivity index (χ1) is 10.8. The van der Waals surface area contributed by atoms with Gasteiger partial charge >= 0.3 is 0 Å². The van der Waals surface area contributed by atoms with Gasteiger partial charge in [-0.15, -0.1) is 5.10 Å². The van der Waals surface area contributed by atoms with E-state index in [1.54, 1.807) is 0 Å². The summed E-state index contributed by atoms with van der Waals surface area (Å²) in [6, 6.07) is 10.3. The number of hydrogen-bond acceptors (Lipinski definition) is 4. The number of amides is 1. The van der Waals surface area contributed by atoms with Crippen LogP contribution in [-0.2, 0) is 11.2 Å². The summed E-state index contributed by atoms with van der Waals surface area (Å²) in [7, 11) is 0. The molecule has 6 nitrogen and oxygen atoms in total. The van der Waals surface area contributed by atoms with Crippen LogP contribution in [0.5, 0.6) is 0 Å². The maximum atomic E-state index is 11.8. The zero-order valence-electron chi connectivity index (χ0n) is 12.7. The van der Waals surface area contributed by atoms with Crippen LogP contribution in [0, 0.1) is 0 Å². The summed E-state index contributed by atoms with van der Waals surface area (Å²) >= 11 is 0. The van der Waals surface area contributed by atoms with Crippen LogP contribution in [0.15, 0.2) is 36.5 Å². The Balaban J connectivity index is 1.61. The van der Waals surface area contributed by atoms with Gasteiger partial charge in [-0.25, -0.2) is 4.68 Å². The quantitative estimate of drug-likeness (QED) is 0.861. The predicted octanol–water partition coefficient (Wildman–Crippen LogP) is 0.908. The molecular weight excluding hydrogens is 278 g/mol. The van der Waals surface area contributed by atoms with Gasteiger partial charge in [0.25, 0.3) is 0 Å². The van der Waals surface area contributed by atoms with Crippen molar-refractivity contribution in [2.45, 2.75) is 31.8 Å². The molecule has 6 heteroatoms. The van der Waals surface area contributed by atoms with Crippen LogP contribution < -0.4 is 10.6 Å². The van der Waals surface area contributed by atoms with Crippen molar-refractivity contribution in [2.24, 2.45) is 0 Å². The van der Waals surface area contributed by atoms with Crippen LogP contribution >= 0.6 is 0 Å². The monoisotopic (exact) mass is 299 g/mol. The Morgan fingerprint density at radius 3 is 3.00 bits per heavy atom. The Morgan fingerprint density at radius 1 is 1.41 bits per heavy atom. The first-order valence-electron chi connectivity index (χ1n) is 7.72. The largest absolute Gasteiger partial charge is 0.355 e. The lowest BCUT2D eigenvalue weighted by molar-refractivity contribution is -0.122. The molecule has 1 aromatic carbocycles. The molecule has 0 spiro atoms. The molecule has 0 saturated carbocycles. The summed E-state index contributed by atoms with van der Waals surface area (Å²) < 4.78 is 1.88. The van der Waals surface area contributed by atoms with E-state index in [4.69, 9.17) is 0 Å². The minimum absolute atomic E-state index is 0.0645. The second-order valence-corrected chi connectivity index (χ2v) is 5.60. The molecule has 0 unspecified atom stereocenters. The molecule has 1 aliphatic heterocycles. The van der Waals surface area contributed by atoms with Crippen molar-refractivity contribution >= 4 is 5.91 Å². The summed E-state index contributed by atoms with van der Waals surface area (Å²) in [5.41, 5.74) is 2.17. The zero-order valence-corrected chi connectivity index (χ0v) is 12.7. The third-order valence-electron chi connectivity index (χ3n) is 3.94. The van der Waals surface area contributed by atoms with Crippen LogP contribution in [0.4, 0.5) is 0 Å². The maximum Gasteiger partial charge on any atom is 0.237 e. The molecule has 2 atom stereocenters. The number of carbonyl (C=O) groups is 1. The first kappa shape index (κ1) is 14.7. The van der Waals surface area contributed by atoms with E-state index in [0.29, 0.717) is 6.54 Å². The van der Waals surface area contributed by atoms with E-state index in [2.05, 4.69) is 33.1 Å². The molecular formula is C16H21N5O. The van der Waals surface area contributed by atoms with Crippen molar-refractivity contribution in [1.29, 1.82) is 0 Å². The van der Waals surface area contributed by atoms with Crippen molar-refractivity contribution < 1.29 is 4.79 Å². The van der Waals surface area contributed by atoms with Crippen molar-refractivity contribution in [3.8, 4) is 0 Å². The van der Waals surface area contributed by atoms with Gasteiger partial charge in [0, 0.05) is 25.7 Å². The lowest BCUT2D eigenvalue weighted by Gasteiger charge is -2.10. The highest BCUT2D eigenvalue weighted by atomic mass is 16.2. The Hall–Kier alpha value is -2.21. The van der Waals surface area contributed by atoms with E-state index >= 15 is 0 Å². The molecule has 2 aromatic rings. The van der Waals surface area contributed by atoms with Gasteiger partial charge in [-0.2, -0.15) is 0 Å². The van der Waals surface area contributed by atoms with Gasteiger partial charge in [-0.1, -0.05) is 35.5 Å². The highest BCUT2D eigenvalue weighted by Gasteiger charge is 2.30. The fraction of sp³-hybridized carbons (Fsp3) is 0.438. The summed E-state index contributed by atoms with van der Waals surface area (Å²) in [4.78, 5) is 11.8. The summed E-state index contributed by atoms with van der Waals surface area (Å²) in [6.07, 6.45) is 3.51. The Labute approximate surface area is 129 Å². The third kappa shape index (κ3) is 3.33. The minimum Gasteiger partial charge on any atom is -0.355 e. The number of carbonyl (C=O) groups excluding carboxylic acids is 1. The van der Waals surface area contributed by atoms with Crippen LogP contribution in [0.2, 0.25) is 0 Å². The summed E-state index contributed by atoms with van der Waals surface area (Å²) in [5, 5.41) is 14.6. The molecule has 2 N–H and O–H groups in total. The molecule has 3 rings (SSSR count). The van der Waals surface area contributed by atoms with Crippen LogP contribution in [0.3, 0.4) is 0 Å². The lowest BCUT2D eigenvalue weighted by atomic mass is 10.1. The Bertz CT molecular complexity index is 624. The number of nitrogens with one attached hydrogen (secondary N) is 2. The highest BCUT2D eigenvalue weighted by Crippen LogP contribution is 2.19. The molecule has 1 fully saturated rings. The van der Waals surface area contributed by atoms with Crippen molar-refractivity contribution in [3.05, 3.63) is 47.8 Å². The maximum absolute atomic E-state index is 11.8. The Morgan fingerprint density at radius 2 is 2.23 bits per heavy atom. The molecule has 2 heterocycles. The SMILES string of the molecule is CCNC(=O)[C@@H]1C[C@H](n2cc(Cc3ccccc3)nn2)CN1. The van der Waals surface area contributed by atoms with E-state index < -0.39 is 0 Å². The minimum atomic E-state index is -0.133. The fourth-order valence-corrected chi connectivity index (χ4v) is 2.79. The normalized spacial score (nSPS) is 21.0. The van der Waals surface area contributed by atoms with Gasteiger partial charge in [0.1, 0.15) is 0 Å². The highest BCUT2D eigenvalue weighted by molar-refractivity contribution is 5.82. The molecule has 1 amide bonds. The second kappa shape index (κ2) is 6.70. The van der Waals surface area contributed by atoms with E-state index in [-0.39, 0.29) is 18.0 Å². The lowest BCUT2D eigenvalue weighted by Crippen LogP contribution is -2.40. The topological polar surface area (TPSA) is 71.8 Å². The summed E-state index contributed by atoms with van der Waals surface area (Å²) in [6.45, 7) is 3.33. The molecule has 22 heavy (non-hydrogen) atoms. The standard InChI is InChI=1S/C16H21N5O/c1-2-17-16(22)15-9-14(10-18-15)21-11-13(19-20-21)8-12-6-4-3-5-7-12/h3-7,11,14-15,18H,2,8-10H2,1H3,(H,17,22)/t14-,15-/m0/s1. The molecule has 116 valence electrons. The van der Waals surface area contributed by atoms with E-state index in [1.165, 1.54) is 5.56 Å². The van der Waals surface area contributed by atoms with E-state index in [0.717, 1.165) is 25.1 Å². The van der Waals surface area contributed by atoms with Crippen LogP contribution in [0.25, 0.3) is 0 Å². The average Bonchev–Trinajstić information content (AvgIpc) is 3.17. The molecule has 1 aromatic heterocycles. The van der Waals surface area contributed by atoms with Crippen molar-refractivity contribution in [3.63, 3.8) is 0 Å². The van der Waals surface area contributed by atoms with Gasteiger partial charge < -0.3 is 10.6 Å². The van der Waals surface area contributed by atoms with Crippen molar-refractivity contribution in [1.82, 2.24) is 25.6 Å². The number of likely N-dealkylation sites (N-methyl/N-ethyl adjacent to an activating group) is 1. The van der Waals surface area contributed by atoms with Gasteiger partial charge in [0.15, 0.2) is 0 Å². The first-order valence-corrected chi connectivity index (χ1v) is 7.72. The van der Waals surface area contributed by atoms with Crippen molar-refractivity contribution in [2.75, 3.05) is 13.1 Å². The molecule has 1 saturated heterocycles. The van der Waals surface area contributed by atoms with Crippen LogP contribution in [-0.4, -0.2) is 40.0 Å². The predicted molar refractivity (Wildman–Crippen MR) is 83.4 cm³/mol. The molecule has 1 aliphatic rings. The van der Waals surface area contributed by atoms with E-state index in [9.17, 15) is 4.79 Å². The smallest absolute Gasteiger partial charge is 0.237 e. The van der Waals surface area contributed by atoms with Gasteiger partial charge in [-0.3, -0.25) is 4.79 Å². The number of aromatic nitrogens is 3. The number of nitrogens with zero attached hydrogens (tertiary/aromatic N) is 3. The average molecular weight is 299 g/mol. The molecule has 0 radical (unpaired) electrons. The van der Waals surface area contributed by atoms with Gasteiger partial charge in [-0.05, 0) is 18.9 Å². The fourth-order valence-electron chi connectivity index (χ4n) is 2.79. The zero-order chi connectivity index (χ0) is 15.4. The molecule has 0 bridgehead atoms. The third-order valence-corrected chi connectivity index (χ3v) is 3.94. The van der Waals surface area contributed by atoms with Gasteiger partial charge in [0.05, 0.1) is 17.8 Å². The number of benzene rings is 1.